The van der Waals surface area contributed by atoms with Crippen molar-refractivity contribution in [3.8, 4) is 0 Å². The maximum Gasteiger partial charge on any atom is 0.333 e. The first-order chi connectivity index (χ1) is 6.63. The van der Waals surface area contributed by atoms with Crippen LogP contribution in [0.4, 0.5) is 0 Å². The summed E-state index contributed by atoms with van der Waals surface area (Å²) >= 11 is 0. The summed E-state index contributed by atoms with van der Waals surface area (Å²) < 4.78 is 4.86. The van der Waals surface area contributed by atoms with Crippen LogP contribution in [0.1, 0.15) is 11.1 Å². The Kier molecular flexibility index (Phi) is 3.65. The second kappa shape index (κ2) is 4.77. The van der Waals surface area contributed by atoms with E-state index >= 15 is 0 Å². The average Bonchev–Trinajstić information content (AvgIpc) is 2.14. The summed E-state index contributed by atoms with van der Waals surface area (Å²) in [6.07, 6.45) is -0.343. The lowest BCUT2D eigenvalue weighted by atomic mass is 10.1. The van der Waals surface area contributed by atoms with Crippen molar-refractivity contribution in [2.45, 2.75) is 19.4 Å². The van der Waals surface area contributed by atoms with Crippen molar-refractivity contribution in [2.75, 3.05) is 7.11 Å². The number of aliphatic carboxylic acids is 1. The van der Waals surface area contributed by atoms with Crippen molar-refractivity contribution in [1.29, 1.82) is 0 Å². The second-order valence-corrected chi connectivity index (χ2v) is 3.26. The van der Waals surface area contributed by atoms with E-state index in [1.807, 2.05) is 31.2 Å². The topological polar surface area (TPSA) is 46.5 Å². The summed E-state index contributed by atoms with van der Waals surface area (Å²) in [4.78, 5) is 10.7. The molecule has 0 unspecified atom stereocenters. The van der Waals surface area contributed by atoms with Gasteiger partial charge in [-0.15, -0.1) is 0 Å². The highest BCUT2D eigenvalue weighted by atomic mass is 16.5. The smallest absolute Gasteiger partial charge is 0.333 e. The fourth-order valence-corrected chi connectivity index (χ4v) is 1.32. The molecule has 0 spiro atoms. The molecular weight excluding hydrogens is 180 g/mol. The molecule has 0 amide bonds. The lowest BCUT2D eigenvalue weighted by Crippen LogP contribution is -2.24. The first-order valence-corrected chi connectivity index (χ1v) is 4.44. The molecule has 1 atom stereocenters. The molecule has 0 saturated heterocycles. The van der Waals surface area contributed by atoms with Crippen LogP contribution in [0.5, 0.6) is 0 Å². The summed E-state index contributed by atoms with van der Waals surface area (Å²) in [5.41, 5.74) is 2.11. The average molecular weight is 194 g/mol. The summed E-state index contributed by atoms with van der Waals surface area (Å²) in [5.74, 6) is -0.922. The van der Waals surface area contributed by atoms with Crippen LogP contribution < -0.4 is 0 Å². The lowest BCUT2D eigenvalue weighted by molar-refractivity contribution is -0.148. The van der Waals surface area contributed by atoms with Crippen LogP contribution in [-0.4, -0.2) is 24.3 Å². The van der Waals surface area contributed by atoms with Crippen molar-refractivity contribution in [1.82, 2.24) is 0 Å². The molecule has 0 aliphatic rings. The molecule has 1 aromatic carbocycles. The summed E-state index contributed by atoms with van der Waals surface area (Å²) in [5, 5.41) is 8.78. The Morgan fingerprint density at radius 3 is 2.79 bits per heavy atom. The van der Waals surface area contributed by atoms with Gasteiger partial charge in [0.05, 0.1) is 0 Å². The van der Waals surface area contributed by atoms with Crippen LogP contribution in [0.2, 0.25) is 0 Å². The maximum absolute atomic E-state index is 10.7. The molecule has 14 heavy (non-hydrogen) atoms. The fraction of sp³-hybridized carbons (Fsp3) is 0.364. The van der Waals surface area contributed by atoms with Gasteiger partial charge >= 0.3 is 5.97 Å². The van der Waals surface area contributed by atoms with Gasteiger partial charge in [0.15, 0.2) is 6.10 Å². The Morgan fingerprint density at radius 2 is 2.29 bits per heavy atom. The quantitative estimate of drug-likeness (QED) is 0.792. The Bertz CT molecular complexity index is 320. The largest absolute Gasteiger partial charge is 0.479 e. The van der Waals surface area contributed by atoms with Gasteiger partial charge in [-0.2, -0.15) is 0 Å². The van der Waals surface area contributed by atoms with Gasteiger partial charge in [-0.05, 0) is 12.5 Å². The number of rotatable bonds is 4. The molecule has 0 radical (unpaired) electrons. The molecule has 0 aliphatic heterocycles. The van der Waals surface area contributed by atoms with E-state index < -0.39 is 12.1 Å². The minimum atomic E-state index is -0.922. The summed E-state index contributed by atoms with van der Waals surface area (Å²) in [6, 6.07) is 7.77. The molecule has 1 N–H and O–H groups in total. The third-order valence-electron chi connectivity index (χ3n) is 2.06. The second-order valence-electron chi connectivity index (χ2n) is 3.26. The number of ether oxygens (including phenoxy) is 1. The van der Waals surface area contributed by atoms with E-state index in [4.69, 9.17) is 9.84 Å². The van der Waals surface area contributed by atoms with Gasteiger partial charge in [0, 0.05) is 13.5 Å². The van der Waals surface area contributed by atoms with Crippen LogP contribution in [-0.2, 0) is 16.0 Å². The number of carboxylic acids is 1. The van der Waals surface area contributed by atoms with Gasteiger partial charge < -0.3 is 9.84 Å². The molecule has 0 aromatic heterocycles. The molecule has 3 heteroatoms. The van der Waals surface area contributed by atoms with Crippen LogP contribution in [0.3, 0.4) is 0 Å². The number of hydrogen-bond acceptors (Lipinski definition) is 2. The lowest BCUT2D eigenvalue weighted by Gasteiger charge is -2.10. The highest BCUT2D eigenvalue weighted by Gasteiger charge is 2.16. The standard InChI is InChI=1S/C11H14O3/c1-8-4-3-5-9(6-8)7-10(14-2)11(12)13/h3-6,10H,7H2,1-2H3,(H,12,13)/t10-/m1/s1. The van der Waals surface area contributed by atoms with Crippen LogP contribution in [0, 0.1) is 6.92 Å². The monoisotopic (exact) mass is 194 g/mol. The van der Waals surface area contributed by atoms with E-state index in [-0.39, 0.29) is 0 Å². The Hall–Kier alpha value is -1.35. The van der Waals surface area contributed by atoms with E-state index in [2.05, 4.69) is 0 Å². The zero-order chi connectivity index (χ0) is 10.6. The number of aryl methyl sites for hydroxylation is 1. The van der Waals surface area contributed by atoms with E-state index in [0.717, 1.165) is 11.1 Å². The van der Waals surface area contributed by atoms with Gasteiger partial charge in [0.25, 0.3) is 0 Å². The first kappa shape index (κ1) is 10.7. The minimum Gasteiger partial charge on any atom is -0.479 e. The summed E-state index contributed by atoms with van der Waals surface area (Å²) in [6.45, 7) is 1.98. The molecule has 0 fully saturated rings. The zero-order valence-corrected chi connectivity index (χ0v) is 8.36. The Labute approximate surface area is 83.3 Å². The van der Waals surface area contributed by atoms with Crippen molar-refractivity contribution >= 4 is 5.97 Å². The molecule has 3 nitrogen and oxygen atoms in total. The Morgan fingerprint density at radius 1 is 1.57 bits per heavy atom. The predicted octanol–water partition coefficient (Wildman–Crippen LogP) is 1.64. The van der Waals surface area contributed by atoms with Crippen molar-refractivity contribution in [2.24, 2.45) is 0 Å². The molecule has 1 aromatic rings. The first-order valence-electron chi connectivity index (χ1n) is 4.44. The van der Waals surface area contributed by atoms with Crippen LogP contribution >= 0.6 is 0 Å². The SMILES string of the molecule is CO[C@H](Cc1cccc(C)c1)C(=O)O. The summed E-state index contributed by atoms with van der Waals surface area (Å²) in [7, 11) is 1.41. The van der Waals surface area contributed by atoms with Gasteiger partial charge in [-0.1, -0.05) is 29.8 Å². The molecule has 76 valence electrons. The molecule has 0 saturated carbocycles. The van der Waals surface area contributed by atoms with Gasteiger partial charge in [-0.25, -0.2) is 4.79 Å². The maximum atomic E-state index is 10.7. The van der Waals surface area contributed by atoms with E-state index in [1.54, 1.807) is 0 Å². The fourth-order valence-electron chi connectivity index (χ4n) is 1.32. The number of hydrogen-bond donors (Lipinski definition) is 1. The normalized spacial score (nSPS) is 12.4. The minimum absolute atomic E-state index is 0.410. The highest BCUT2D eigenvalue weighted by Crippen LogP contribution is 2.08. The number of carboxylic acid groups (broad SMARTS) is 1. The number of methoxy groups -OCH3 is 1. The molecule has 1 rings (SSSR count). The van der Waals surface area contributed by atoms with E-state index in [0.29, 0.717) is 6.42 Å². The van der Waals surface area contributed by atoms with Crippen LogP contribution in [0.25, 0.3) is 0 Å². The van der Waals surface area contributed by atoms with Crippen molar-refractivity contribution in [3.05, 3.63) is 35.4 Å². The molecular formula is C11H14O3. The third-order valence-corrected chi connectivity index (χ3v) is 2.06. The van der Waals surface area contributed by atoms with Gasteiger partial charge in [-0.3, -0.25) is 0 Å². The van der Waals surface area contributed by atoms with E-state index in [1.165, 1.54) is 7.11 Å². The van der Waals surface area contributed by atoms with Crippen LogP contribution in [0.15, 0.2) is 24.3 Å². The third kappa shape index (κ3) is 2.85. The van der Waals surface area contributed by atoms with E-state index in [9.17, 15) is 4.79 Å². The predicted molar refractivity (Wildman–Crippen MR) is 53.3 cm³/mol. The van der Waals surface area contributed by atoms with Gasteiger partial charge in [0.2, 0.25) is 0 Å². The molecule has 0 heterocycles. The van der Waals surface area contributed by atoms with Gasteiger partial charge in [0.1, 0.15) is 0 Å². The zero-order valence-electron chi connectivity index (χ0n) is 8.36. The highest BCUT2D eigenvalue weighted by molar-refractivity contribution is 5.72. The number of carbonyl (C=O) groups is 1. The molecule has 0 bridgehead atoms. The van der Waals surface area contributed by atoms with Crippen molar-refractivity contribution < 1.29 is 14.6 Å². The Balaban J connectivity index is 2.72. The van der Waals surface area contributed by atoms with Crippen molar-refractivity contribution in [3.63, 3.8) is 0 Å². The number of benzene rings is 1. The molecule has 0 aliphatic carbocycles.